The molecule has 1 amide bonds. The van der Waals surface area contributed by atoms with Gasteiger partial charge in [0.2, 0.25) is 17.8 Å². The first kappa shape index (κ1) is 28.0. The van der Waals surface area contributed by atoms with Gasteiger partial charge in [-0.15, -0.1) is 0 Å². The van der Waals surface area contributed by atoms with Crippen LogP contribution in [-0.4, -0.2) is 80.0 Å². The van der Waals surface area contributed by atoms with Gasteiger partial charge in [0, 0.05) is 38.3 Å². The lowest BCUT2D eigenvalue weighted by Gasteiger charge is -2.27. The van der Waals surface area contributed by atoms with Crippen molar-refractivity contribution < 1.29 is 14.3 Å². The number of ether oxygens (including phenoxy) is 2. The predicted octanol–water partition coefficient (Wildman–Crippen LogP) is 3.73. The number of nitrogens with one attached hydrogen (secondary N) is 3. The number of aromatic nitrogens is 3. The second-order valence-corrected chi connectivity index (χ2v) is 9.99. The summed E-state index contributed by atoms with van der Waals surface area (Å²) in [5.74, 6) is 2.60. The van der Waals surface area contributed by atoms with E-state index < -0.39 is 0 Å². The van der Waals surface area contributed by atoms with Crippen LogP contribution in [0.25, 0.3) is 0 Å². The minimum atomic E-state index is -0.0920. The first-order valence-electron chi connectivity index (χ1n) is 14.3. The summed E-state index contributed by atoms with van der Waals surface area (Å²) in [4.78, 5) is 28.3. The molecule has 1 aromatic heterocycles. The molecule has 4 rings (SSSR count). The van der Waals surface area contributed by atoms with Crippen molar-refractivity contribution in [1.82, 2.24) is 20.3 Å². The Morgan fingerprint density at radius 2 is 1.45 bits per heavy atom. The maximum absolute atomic E-state index is 12.0. The van der Waals surface area contributed by atoms with Crippen LogP contribution < -0.4 is 20.9 Å². The third kappa shape index (κ3) is 9.72. The van der Waals surface area contributed by atoms with Crippen molar-refractivity contribution in [3.8, 4) is 0 Å². The molecule has 2 aromatic rings. The van der Waals surface area contributed by atoms with Gasteiger partial charge in [0.1, 0.15) is 0 Å². The Morgan fingerprint density at radius 1 is 0.789 bits per heavy atom. The molecule has 10 nitrogen and oxygen atoms in total. The minimum absolute atomic E-state index is 0.0920. The van der Waals surface area contributed by atoms with Gasteiger partial charge in [-0.3, -0.25) is 4.79 Å². The summed E-state index contributed by atoms with van der Waals surface area (Å²) in [6.07, 6.45) is 10.2. The van der Waals surface area contributed by atoms with Gasteiger partial charge in [0.15, 0.2) is 0 Å². The van der Waals surface area contributed by atoms with Crippen LogP contribution >= 0.6 is 0 Å². The SMILES string of the molecule is O=C(NCCOCCOCCNc1nc(NCC2CCCCC2)nc(N2CCCCC2)n1)c1ccccc1. The average Bonchev–Trinajstić information content (AvgIpc) is 2.98. The molecular weight excluding hydrogens is 482 g/mol. The Bertz CT molecular complexity index is 951. The lowest BCUT2D eigenvalue weighted by Crippen LogP contribution is -2.32. The van der Waals surface area contributed by atoms with Crippen molar-refractivity contribution in [1.29, 1.82) is 0 Å². The van der Waals surface area contributed by atoms with E-state index in [4.69, 9.17) is 19.4 Å². The number of rotatable bonds is 15. The van der Waals surface area contributed by atoms with Crippen LogP contribution in [0.3, 0.4) is 0 Å². The second kappa shape index (κ2) is 16.1. The normalized spacial score (nSPS) is 16.3. The molecule has 208 valence electrons. The molecule has 0 spiro atoms. The molecule has 2 fully saturated rings. The highest BCUT2D eigenvalue weighted by Crippen LogP contribution is 2.24. The summed E-state index contributed by atoms with van der Waals surface area (Å²) in [5, 5.41) is 9.63. The van der Waals surface area contributed by atoms with Crippen LogP contribution in [0, 0.1) is 5.92 Å². The molecule has 10 heteroatoms. The fraction of sp³-hybridized carbons (Fsp3) is 0.643. The smallest absolute Gasteiger partial charge is 0.251 e. The van der Waals surface area contributed by atoms with Gasteiger partial charge >= 0.3 is 0 Å². The predicted molar refractivity (Wildman–Crippen MR) is 150 cm³/mol. The lowest BCUT2D eigenvalue weighted by atomic mass is 9.89. The van der Waals surface area contributed by atoms with E-state index in [0.29, 0.717) is 62.9 Å². The summed E-state index contributed by atoms with van der Waals surface area (Å²) in [6.45, 7) is 5.88. The van der Waals surface area contributed by atoms with Gasteiger partial charge in [-0.05, 0) is 50.2 Å². The van der Waals surface area contributed by atoms with Crippen LogP contribution in [0.1, 0.15) is 61.7 Å². The van der Waals surface area contributed by atoms with Crippen LogP contribution in [-0.2, 0) is 9.47 Å². The Labute approximate surface area is 226 Å². The number of nitrogens with zero attached hydrogens (tertiary/aromatic N) is 4. The van der Waals surface area contributed by atoms with Gasteiger partial charge in [-0.2, -0.15) is 15.0 Å². The first-order valence-corrected chi connectivity index (χ1v) is 14.3. The first-order chi connectivity index (χ1) is 18.8. The molecule has 0 radical (unpaired) electrons. The quantitative estimate of drug-likeness (QED) is 0.299. The Kier molecular flexibility index (Phi) is 11.9. The summed E-state index contributed by atoms with van der Waals surface area (Å²) < 4.78 is 11.2. The Balaban J connectivity index is 1.13. The van der Waals surface area contributed by atoms with Crippen LogP contribution in [0.15, 0.2) is 30.3 Å². The monoisotopic (exact) mass is 525 g/mol. The average molecular weight is 526 g/mol. The van der Waals surface area contributed by atoms with Gasteiger partial charge in [-0.1, -0.05) is 37.5 Å². The number of benzene rings is 1. The van der Waals surface area contributed by atoms with E-state index in [-0.39, 0.29) is 5.91 Å². The van der Waals surface area contributed by atoms with Crippen molar-refractivity contribution in [2.75, 3.05) is 74.7 Å². The zero-order valence-electron chi connectivity index (χ0n) is 22.5. The third-order valence-corrected chi connectivity index (χ3v) is 7.01. The molecule has 1 saturated carbocycles. The number of hydrogen-bond acceptors (Lipinski definition) is 9. The lowest BCUT2D eigenvalue weighted by molar-refractivity contribution is 0.0519. The highest BCUT2D eigenvalue weighted by molar-refractivity contribution is 5.94. The van der Waals surface area contributed by atoms with Gasteiger partial charge in [0.05, 0.1) is 26.4 Å². The molecule has 2 heterocycles. The number of carbonyl (C=O) groups excluding carboxylic acids is 1. The van der Waals surface area contributed by atoms with E-state index >= 15 is 0 Å². The van der Waals surface area contributed by atoms with Crippen molar-refractivity contribution >= 4 is 23.8 Å². The molecule has 1 aliphatic carbocycles. The molecule has 38 heavy (non-hydrogen) atoms. The molecule has 0 bridgehead atoms. The number of anilines is 3. The second-order valence-electron chi connectivity index (χ2n) is 9.99. The summed E-state index contributed by atoms with van der Waals surface area (Å²) in [7, 11) is 0. The van der Waals surface area contributed by atoms with E-state index in [0.717, 1.165) is 25.6 Å². The maximum atomic E-state index is 12.0. The van der Waals surface area contributed by atoms with Crippen molar-refractivity contribution in [3.63, 3.8) is 0 Å². The molecule has 0 unspecified atom stereocenters. The largest absolute Gasteiger partial charge is 0.377 e. The van der Waals surface area contributed by atoms with Gasteiger partial charge in [-0.25, -0.2) is 0 Å². The molecule has 0 atom stereocenters. The zero-order valence-corrected chi connectivity index (χ0v) is 22.5. The molecule has 1 aromatic carbocycles. The van der Waals surface area contributed by atoms with Crippen LogP contribution in [0.5, 0.6) is 0 Å². The standard InChI is InChI=1S/C28H43N7O3/c36-25(24-12-6-2-7-13-24)29-14-18-37-20-21-38-19-15-30-26-32-27(31-22-23-10-4-1-5-11-23)34-28(33-26)35-16-8-3-9-17-35/h2,6-7,12-13,23H,1,3-5,8-11,14-22H2,(H,29,36)(H2,30,31,32,33,34). The molecule has 3 N–H and O–H groups in total. The highest BCUT2D eigenvalue weighted by Gasteiger charge is 2.18. The minimum Gasteiger partial charge on any atom is -0.377 e. The van der Waals surface area contributed by atoms with Crippen molar-refractivity contribution in [2.45, 2.75) is 51.4 Å². The molecule has 2 aliphatic rings. The van der Waals surface area contributed by atoms with Gasteiger partial charge < -0.3 is 30.3 Å². The van der Waals surface area contributed by atoms with E-state index in [1.807, 2.05) is 18.2 Å². The van der Waals surface area contributed by atoms with E-state index in [2.05, 4.69) is 25.8 Å². The summed E-state index contributed by atoms with van der Waals surface area (Å²) in [6, 6.07) is 9.16. The Morgan fingerprint density at radius 3 is 2.18 bits per heavy atom. The van der Waals surface area contributed by atoms with E-state index in [1.165, 1.54) is 51.4 Å². The molecule has 1 aliphatic heterocycles. The Hall–Kier alpha value is -2.98. The summed E-state index contributed by atoms with van der Waals surface area (Å²) >= 11 is 0. The zero-order chi connectivity index (χ0) is 26.3. The van der Waals surface area contributed by atoms with Crippen molar-refractivity contribution in [2.24, 2.45) is 5.92 Å². The fourth-order valence-corrected chi connectivity index (χ4v) is 4.87. The highest BCUT2D eigenvalue weighted by atomic mass is 16.5. The van der Waals surface area contributed by atoms with E-state index in [1.54, 1.807) is 12.1 Å². The fourth-order valence-electron chi connectivity index (χ4n) is 4.87. The van der Waals surface area contributed by atoms with Gasteiger partial charge in [0.25, 0.3) is 5.91 Å². The number of carbonyl (C=O) groups is 1. The maximum Gasteiger partial charge on any atom is 0.251 e. The molecular formula is C28H43N7O3. The topological polar surface area (TPSA) is 114 Å². The summed E-state index contributed by atoms with van der Waals surface area (Å²) in [5.41, 5.74) is 0.650. The third-order valence-electron chi connectivity index (χ3n) is 7.01. The number of amides is 1. The number of piperidine rings is 1. The number of hydrogen-bond donors (Lipinski definition) is 3. The van der Waals surface area contributed by atoms with Crippen LogP contribution in [0.2, 0.25) is 0 Å². The van der Waals surface area contributed by atoms with E-state index in [9.17, 15) is 4.79 Å². The van der Waals surface area contributed by atoms with Crippen molar-refractivity contribution in [3.05, 3.63) is 35.9 Å². The molecule has 1 saturated heterocycles. The van der Waals surface area contributed by atoms with Crippen LogP contribution in [0.4, 0.5) is 17.8 Å².